The van der Waals surface area contributed by atoms with Crippen LogP contribution in [0.15, 0.2) is 6.20 Å². The van der Waals surface area contributed by atoms with E-state index in [9.17, 15) is 9.50 Å². The van der Waals surface area contributed by atoms with Crippen molar-refractivity contribution >= 4 is 11.8 Å². The standard InChI is InChI=1S/C16H25FN4O/c1-16(2,22)12-6-5-9-21(11-12)15-18-10-13(17)14(19-15)20-7-3-4-8-20/h10,12,22H,3-9,11H2,1-2H3. The van der Waals surface area contributed by atoms with Gasteiger partial charge >= 0.3 is 0 Å². The quantitative estimate of drug-likeness (QED) is 0.928. The molecule has 1 N–H and O–H groups in total. The van der Waals surface area contributed by atoms with Crippen LogP contribution in [0.2, 0.25) is 0 Å². The second kappa shape index (κ2) is 5.99. The van der Waals surface area contributed by atoms with Gasteiger partial charge in [-0.25, -0.2) is 9.37 Å². The lowest BCUT2D eigenvalue weighted by Crippen LogP contribution is -2.45. The Labute approximate surface area is 131 Å². The maximum Gasteiger partial charge on any atom is 0.227 e. The van der Waals surface area contributed by atoms with Gasteiger partial charge in [-0.05, 0) is 39.5 Å². The molecular formula is C16H25FN4O. The highest BCUT2D eigenvalue weighted by Gasteiger charge is 2.32. The third-order valence-corrected chi connectivity index (χ3v) is 4.82. The molecule has 1 aromatic rings. The molecule has 2 saturated heterocycles. The number of hydrogen-bond donors (Lipinski definition) is 1. The maximum absolute atomic E-state index is 14.0. The van der Waals surface area contributed by atoms with Gasteiger partial charge in [-0.15, -0.1) is 0 Å². The summed E-state index contributed by atoms with van der Waals surface area (Å²) in [5, 5.41) is 10.2. The molecule has 0 bridgehead atoms. The zero-order valence-corrected chi connectivity index (χ0v) is 13.4. The summed E-state index contributed by atoms with van der Waals surface area (Å²) in [6.45, 7) is 7.00. The minimum atomic E-state index is -0.712. The summed E-state index contributed by atoms with van der Waals surface area (Å²) in [6.07, 6.45) is 5.45. The van der Waals surface area contributed by atoms with Crippen LogP contribution in [-0.4, -0.2) is 46.9 Å². The molecule has 1 atom stereocenters. The van der Waals surface area contributed by atoms with Gasteiger partial charge in [-0.2, -0.15) is 4.98 Å². The number of anilines is 2. The number of nitrogens with zero attached hydrogens (tertiary/aromatic N) is 4. The third kappa shape index (κ3) is 3.16. The van der Waals surface area contributed by atoms with Crippen molar-refractivity contribution in [2.24, 2.45) is 5.92 Å². The van der Waals surface area contributed by atoms with Crippen molar-refractivity contribution in [1.29, 1.82) is 0 Å². The van der Waals surface area contributed by atoms with Crippen LogP contribution in [0.3, 0.4) is 0 Å². The predicted octanol–water partition coefficient (Wildman–Crippen LogP) is 2.20. The van der Waals surface area contributed by atoms with Crippen molar-refractivity contribution in [2.75, 3.05) is 36.0 Å². The van der Waals surface area contributed by atoms with E-state index < -0.39 is 5.60 Å². The van der Waals surface area contributed by atoms with Crippen LogP contribution >= 0.6 is 0 Å². The van der Waals surface area contributed by atoms with E-state index in [4.69, 9.17) is 0 Å². The average Bonchev–Trinajstić information content (AvgIpc) is 3.01. The summed E-state index contributed by atoms with van der Waals surface area (Å²) in [5.41, 5.74) is -0.712. The van der Waals surface area contributed by atoms with Crippen LogP contribution in [0.1, 0.15) is 39.5 Å². The lowest BCUT2D eigenvalue weighted by atomic mass is 9.84. The molecule has 6 heteroatoms. The topological polar surface area (TPSA) is 52.5 Å². The summed E-state index contributed by atoms with van der Waals surface area (Å²) < 4.78 is 14.0. The Balaban J connectivity index is 1.80. The van der Waals surface area contributed by atoms with Crippen molar-refractivity contribution < 1.29 is 9.50 Å². The predicted molar refractivity (Wildman–Crippen MR) is 84.7 cm³/mol. The van der Waals surface area contributed by atoms with E-state index in [1.54, 1.807) is 0 Å². The number of hydrogen-bond acceptors (Lipinski definition) is 5. The van der Waals surface area contributed by atoms with Crippen molar-refractivity contribution in [3.05, 3.63) is 12.0 Å². The average molecular weight is 308 g/mol. The first kappa shape index (κ1) is 15.5. The molecule has 0 aromatic carbocycles. The van der Waals surface area contributed by atoms with Gasteiger partial charge in [0.05, 0.1) is 11.8 Å². The molecule has 0 saturated carbocycles. The van der Waals surface area contributed by atoms with E-state index in [2.05, 4.69) is 14.9 Å². The molecule has 3 rings (SSSR count). The summed E-state index contributed by atoms with van der Waals surface area (Å²) >= 11 is 0. The summed E-state index contributed by atoms with van der Waals surface area (Å²) in [6, 6.07) is 0. The van der Waals surface area contributed by atoms with Crippen molar-refractivity contribution in [2.45, 2.75) is 45.1 Å². The highest BCUT2D eigenvalue weighted by atomic mass is 19.1. The number of aromatic nitrogens is 2. The second-order valence-electron chi connectivity index (χ2n) is 6.97. The fraction of sp³-hybridized carbons (Fsp3) is 0.750. The number of rotatable bonds is 3. The molecule has 5 nitrogen and oxygen atoms in total. The summed E-state index contributed by atoms with van der Waals surface area (Å²) in [5.74, 6) is 0.844. The molecule has 2 fully saturated rings. The Kier molecular flexibility index (Phi) is 4.21. The first-order valence-electron chi connectivity index (χ1n) is 8.20. The number of piperidine rings is 1. The fourth-order valence-corrected chi connectivity index (χ4v) is 3.39. The summed E-state index contributed by atoms with van der Waals surface area (Å²) in [7, 11) is 0. The Morgan fingerprint density at radius 2 is 1.86 bits per heavy atom. The minimum absolute atomic E-state index is 0.185. The molecule has 0 aliphatic carbocycles. The first-order chi connectivity index (χ1) is 10.4. The van der Waals surface area contributed by atoms with E-state index >= 15 is 0 Å². The molecular weight excluding hydrogens is 283 g/mol. The van der Waals surface area contributed by atoms with Gasteiger partial charge in [0.2, 0.25) is 5.95 Å². The molecule has 1 unspecified atom stereocenters. The van der Waals surface area contributed by atoms with Gasteiger partial charge in [-0.3, -0.25) is 0 Å². The van der Waals surface area contributed by atoms with Crippen LogP contribution in [0.4, 0.5) is 16.2 Å². The molecule has 22 heavy (non-hydrogen) atoms. The monoisotopic (exact) mass is 308 g/mol. The van der Waals surface area contributed by atoms with E-state index in [1.807, 2.05) is 18.7 Å². The molecule has 2 aliphatic heterocycles. The van der Waals surface area contributed by atoms with Crippen molar-refractivity contribution in [3.63, 3.8) is 0 Å². The first-order valence-corrected chi connectivity index (χ1v) is 8.20. The Hall–Kier alpha value is -1.43. The van der Waals surface area contributed by atoms with Crippen LogP contribution in [0.5, 0.6) is 0 Å². The Bertz CT molecular complexity index is 525. The van der Waals surface area contributed by atoms with E-state index in [-0.39, 0.29) is 11.7 Å². The van der Waals surface area contributed by atoms with E-state index in [0.717, 1.165) is 45.3 Å². The zero-order valence-electron chi connectivity index (χ0n) is 13.4. The van der Waals surface area contributed by atoms with Crippen molar-refractivity contribution in [3.8, 4) is 0 Å². The van der Waals surface area contributed by atoms with Gasteiger partial charge in [-0.1, -0.05) is 0 Å². The molecule has 0 amide bonds. The SMILES string of the molecule is CC(C)(O)C1CCCN(c2ncc(F)c(N3CCCC3)n2)C1. The van der Waals surface area contributed by atoms with E-state index in [1.165, 1.54) is 6.20 Å². The molecule has 0 spiro atoms. The molecule has 3 heterocycles. The van der Waals surface area contributed by atoms with Crippen molar-refractivity contribution in [1.82, 2.24) is 9.97 Å². The number of aliphatic hydroxyl groups is 1. The molecule has 2 aliphatic rings. The largest absolute Gasteiger partial charge is 0.390 e. The maximum atomic E-state index is 14.0. The minimum Gasteiger partial charge on any atom is -0.390 e. The third-order valence-electron chi connectivity index (χ3n) is 4.82. The Morgan fingerprint density at radius 1 is 1.18 bits per heavy atom. The lowest BCUT2D eigenvalue weighted by Gasteiger charge is -2.38. The van der Waals surface area contributed by atoms with E-state index in [0.29, 0.717) is 18.3 Å². The highest BCUT2D eigenvalue weighted by Crippen LogP contribution is 2.30. The van der Waals surface area contributed by atoms with Gasteiger partial charge < -0.3 is 14.9 Å². The Morgan fingerprint density at radius 3 is 2.55 bits per heavy atom. The normalized spacial score (nSPS) is 23.2. The molecule has 122 valence electrons. The fourth-order valence-electron chi connectivity index (χ4n) is 3.39. The van der Waals surface area contributed by atoms with Crippen LogP contribution in [0.25, 0.3) is 0 Å². The number of halogens is 1. The molecule has 1 aromatic heterocycles. The lowest BCUT2D eigenvalue weighted by molar-refractivity contribution is 0.0108. The van der Waals surface area contributed by atoms with Gasteiger partial charge in [0, 0.05) is 32.1 Å². The molecule has 0 radical (unpaired) electrons. The zero-order chi connectivity index (χ0) is 15.7. The van der Waals surface area contributed by atoms with Crippen LogP contribution < -0.4 is 9.80 Å². The highest BCUT2D eigenvalue weighted by molar-refractivity contribution is 5.46. The second-order valence-corrected chi connectivity index (χ2v) is 6.97. The smallest absolute Gasteiger partial charge is 0.227 e. The summed E-state index contributed by atoms with van der Waals surface area (Å²) in [4.78, 5) is 12.7. The van der Waals surface area contributed by atoms with Crippen LogP contribution in [0, 0.1) is 11.7 Å². The van der Waals surface area contributed by atoms with Gasteiger partial charge in [0.25, 0.3) is 0 Å². The van der Waals surface area contributed by atoms with Gasteiger partial charge in [0.15, 0.2) is 11.6 Å². The van der Waals surface area contributed by atoms with Crippen LogP contribution in [-0.2, 0) is 0 Å². The van der Waals surface area contributed by atoms with Gasteiger partial charge in [0.1, 0.15) is 0 Å².